The second-order valence-corrected chi connectivity index (χ2v) is 3.64. The van der Waals surface area contributed by atoms with E-state index in [-0.39, 0.29) is 0 Å². The second-order valence-electron chi connectivity index (χ2n) is 3.64. The van der Waals surface area contributed by atoms with Crippen LogP contribution < -0.4 is 0 Å². The fourth-order valence-electron chi connectivity index (χ4n) is 1.01. The fraction of sp³-hybridized carbons (Fsp3) is 0.250. The van der Waals surface area contributed by atoms with Gasteiger partial charge in [0.05, 0.1) is 0 Å². The SMILES string of the molecule is C#CC(C)(C)OC(=O)c1c(F)cccc1F. The summed E-state index contributed by atoms with van der Waals surface area (Å²) in [4.78, 5) is 11.5. The molecular formula is C12H10F2O2. The van der Waals surface area contributed by atoms with Crippen LogP contribution in [0.2, 0.25) is 0 Å². The summed E-state index contributed by atoms with van der Waals surface area (Å²) < 4.78 is 31.2. The number of carbonyl (C=O) groups is 1. The van der Waals surface area contributed by atoms with E-state index in [0.29, 0.717) is 0 Å². The van der Waals surface area contributed by atoms with Crippen molar-refractivity contribution in [1.29, 1.82) is 0 Å². The first-order chi connectivity index (χ1) is 7.37. The van der Waals surface area contributed by atoms with Crippen molar-refractivity contribution in [1.82, 2.24) is 0 Å². The third-order valence-electron chi connectivity index (χ3n) is 1.86. The number of halogens is 2. The van der Waals surface area contributed by atoms with Gasteiger partial charge in [-0.2, -0.15) is 0 Å². The molecule has 0 aliphatic rings. The fourth-order valence-corrected chi connectivity index (χ4v) is 1.01. The molecule has 1 aromatic rings. The molecule has 0 bridgehead atoms. The van der Waals surface area contributed by atoms with Crippen molar-refractivity contribution in [3.8, 4) is 12.3 Å². The lowest BCUT2D eigenvalue weighted by molar-refractivity contribution is 0.0194. The summed E-state index contributed by atoms with van der Waals surface area (Å²) in [5.41, 5.74) is -1.93. The van der Waals surface area contributed by atoms with Gasteiger partial charge in [0.1, 0.15) is 17.2 Å². The molecule has 0 saturated carbocycles. The average Bonchev–Trinajstić information content (AvgIpc) is 2.16. The molecule has 0 saturated heterocycles. The van der Waals surface area contributed by atoms with Gasteiger partial charge >= 0.3 is 5.97 Å². The molecule has 0 unspecified atom stereocenters. The van der Waals surface area contributed by atoms with Crippen LogP contribution in [0.15, 0.2) is 18.2 Å². The molecule has 0 aromatic heterocycles. The first-order valence-electron chi connectivity index (χ1n) is 4.52. The number of hydrogen-bond acceptors (Lipinski definition) is 2. The maximum Gasteiger partial charge on any atom is 0.345 e. The van der Waals surface area contributed by atoms with E-state index >= 15 is 0 Å². The number of ether oxygens (including phenoxy) is 1. The molecule has 0 radical (unpaired) electrons. The van der Waals surface area contributed by atoms with E-state index in [2.05, 4.69) is 5.92 Å². The summed E-state index contributed by atoms with van der Waals surface area (Å²) in [6.45, 7) is 2.90. The lowest BCUT2D eigenvalue weighted by Crippen LogP contribution is -2.27. The predicted octanol–water partition coefficient (Wildman–Crippen LogP) is 2.53. The molecule has 1 aromatic carbocycles. The van der Waals surface area contributed by atoms with Crippen LogP contribution in [0.1, 0.15) is 24.2 Å². The lowest BCUT2D eigenvalue weighted by Gasteiger charge is -2.18. The Morgan fingerprint density at radius 3 is 2.31 bits per heavy atom. The Morgan fingerprint density at radius 2 is 1.88 bits per heavy atom. The van der Waals surface area contributed by atoms with Crippen LogP contribution in [-0.4, -0.2) is 11.6 Å². The first-order valence-corrected chi connectivity index (χ1v) is 4.52. The summed E-state index contributed by atoms with van der Waals surface area (Å²) in [5, 5.41) is 0. The first kappa shape index (κ1) is 12.2. The van der Waals surface area contributed by atoms with Crippen molar-refractivity contribution in [2.24, 2.45) is 0 Å². The van der Waals surface area contributed by atoms with Crippen LogP contribution in [-0.2, 0) is 4.74 Å². The molecule has 16 heavy (non-hydrogen) atoms. The zero-order valence-electron chi connectivity index (χ0n) is 8.88. The van der Waals surface area contributed by atoms with E-state index in [1.807, 2.05) is 0 Å². The number of hydrogen-bond donors (Lipinski definition) is 0. The zero-order valence-corrected chi connectivity index (χ0v) is 8.88. The van der Waals surface area contributed by atoms with Gasteiger partial charge in [0.2, 0.25) is 0 Å². The smallest absolute Gasteiger partial charge is 0.345 e. The van der Waals surface area contributed by atoms with Gasteiger partial charge in [0, 0.05) is 0 Å². The van der Waals surface area contributed by atoms with Crippen LogP contribution in [0.25, 0.3) is 0 Å². The molecule has 0 fully saturated rings. The summed E-state index contributed by atoms with van der Waals surface area (Å²) >= 11 is 0. The lowest BCUT2D eigenvalue weighted by atomic mass is 10.1. The minimum Gasteiger partial charge on any atom is -0.443 e. The molecule has 4 heteroatoms. The third kappa shape index (κ3) is 2.57. The molecule has 0 heterocycles. The van der Waals surface area contributed by atoms with Gasteiger partial charge in [-0.15, -0.1) is 6.42 Å². The van der Waals surface area contributed by atoms with Crippen LogP contribution >= 0.6 is 0 Å². The molecular weight excluding hydrogens is 214 g/mol. The molecule has 0 spiro atoms. The van der Waals surface area contributed by atoms with Crippen molar-refractivity contribution in [3.63, 3.8) is 0 Å². The molecule has 84 valence electrons. The van der Waals surface area contributed by atoms with Crippen LogP contribution in [0.3, 0.4) is 0 Å². The highest BCUT2D eigenvalue weighted by molar-refractivity contribution is 5.90. The number of esters is 1. The van der Waals surface area contributed by atoms with Gasteiger partial charge in [-0.05, 0) is 26.0 Å². The maximum atomic E-state index is 13.2. The minimum absolute atomic E-state index is 0.731. The molecule has 2 nitrogen and oxygen atoms in total. The largest absolute Gasteiger partial charge is 0.443 e. The number of benzene rings is 1. The van der Waals surface area contributed by atoms with Crippen LogP contribution in [0, 0.1) is 24.0 Å². The van der Waals surface area contributed by atoms with Gasteiger partial charge in [-0.25, -0.2) is 13.6 Å². The molecule has 0 atom stereocenters. The third-order valence-corrected chi connectivity index (χ3v) is 1.86. The Balaban J connectivity index is 3.04. The zero-order chi connectivity index (χ0) is 12.3. The van der Waals surface area contributed by atoms with Crippen molar-refractivity contribution in [2.75, 3.05) is 0 Å². The topological polar surface area (TPSA) is 26.3 Å². The number of rotatable bonds is 2. The highest BCUT2D eigenvalue weighted by Crippen LogP contribution is 2.17. The molecule has 0 aliphatic heterocycles. The summed E-state index contributed by atoms with van der Waals surface area (Å²) in [6, 6.07) is 3.11. The standard InChI is InChI=1S/C12H10F2O2/c1-4-12(2,3)16-11(15)10-8(13)6-5-7-9(10)14/h1,5-7H,2-3H3. The van der Waals surface area contributed by atoms with Gasteiger partial charge in [0.25, 0.3) is 0 Å². The van der Waals surface area contributed by atoms with Gasteiger partial charge in [-0.1, -0.05) is 12.0 Å². The van der Waals surface area contributed by atoms with E-state index in [0.717, 1.165) is 18.2 Å². The van der Waals surface area contributed by atoms with E-state index in [4.69, 9.17) is 11.2 Å². The quantitative estimate of drug-likeness (QED) is 0.570. The average molecular weight is 224 g/mol. The maximum absolute atomic E-state index is 13.2. The van der Waals surface area contributed by atoms with Crippen molar-refractivity contribution in [2.45, 2.75) is 19.4 Å². The highest BCUT2D eigenvalue weighted by atomic mass is 19.1. The highest BCUT2D eigenvalue weighted by Gasteiger charge is 2.25. The van der Waals surface area contributed by atoms with E-state index in [1.165, 1.54) is 13.8 Å². The molecule has 0 N–H and O–H groups in total. The summed E-state index contributed by atoms with van der Waals surface area (Å²) in [7, 11) is 0. The van der Waals surface area contributed by atoms with Crippen molar-refractivity contribution in [3.05, 3.63) is 35.4 Å². The van der Waals surface area contributed by atoms with Gasteiger partial charge in [0.15, 0.2) is 5.60 Å². The minimum atomic E-state index is -1.20. The monoisotopic (exact) mass is 224 g/mol. The van der Waals surface area contributed by atoms with Gasteiger partial charge in [-0.3, -0.25) is 0 Å². The normalized spacial score (nSPS) is 10.7. The van der Waals surface area contributed by atoms with Gasteiger partial charge < -0.3 is 4.74 Å². The Hall–Kier alpha value is -1.89. The molecule has 0 amide bonds. The van der Waals surface area contributed by atoms with E-state index in [1.54, 1.807) is 0 Å². The predicted molar refractivity (Wildman–Crippen MR) is 54.7 cm³/mol. The molecule has 1 rings (SSSR count). The Bertz CT molecular complexity index is 438. The van der Waals surface area contributed by atoms with Crippen LogP contribution in [0.5, 0.6) is 0 Å². The Morgan fingerprint density at radius 1 is 1.38 bits per heavy atom. The number of carbonyl (C=O) groups excluding carboxylic acids is 1. The summed E-state index contributed by atoms with van der Waals surface area (Å²) in [6.07, 6.45) is 5.09. The second kappa shape index (κ2) is 4.31. The van der Waals surface area contributed by atoms with E-state index < -0.39 is 28.8 Å². The number of terminal acetylenes is 1. The molecule has 0 aliphatic carbocycles. The Labute approximate surface area is 92.2 Å². The summed E-state index contributed by atoms with van der Waals surface area (Å²) in [5.74, 6) is -0.868. The Kier molecular flexibility index (Phi) is 3.28. The van der Waals surface area contributed by atoms with Crippen molar-refractivity contribution >= 4 is 5.97 Å². The van der Waals surface area contributed by atoms with Crippen LogP contribution in [0.4, 0.5) is 8.78 Å². The van der Waals surface area contributed by atoms with E-state index in [9.17, 15) is 13.6 Å². The van der Waals surface area contributed by atoms with Crippen molar-refractivity contribution < 1.29 is 18.3 Å².